The molecule has 1 N–H and O–H groups in total. The number of aromatic nitrogens is 1. The number of benzene rings is 1. The summed E-state index contributed by atoms with van der Waals surface area (Å²) < 4.78 is 2.12. The number of nitrogens with zero attached hydrogens (tertiary/aromatic N) is 1. The molecule has 0 saturated heterocycles. The van der Waals surface area contributed by atoms with Gasteiger partial charge in [0.2, 0.25) is 5.43 Å². The first-order valence-corrected chi connectivity index (χ1v) is 6.32. The van der Waals surface area contributed by atoms with Gasteiger partial charge in [-0.05, 0) is 28.2 Å². The van der Waals surface area contributed by atoms with E-state index >= 15 is 0 Å². The molecular formula is C13H10INO3. The lowest BCUT2D eigenvalue weighted by Gasteiger charge is -2.08. The fourth-order valence-corrected chi connectivity index (χ4v) is 2.28. The fraction of sp³-hybridized carbons (Fsp3) is 0.0769. The van der Waals surface area contributed by atoms with Crippen molar-refractivity contribution in [2.24, 2.45) is 0 Å². The maximum atomic E-state index is 11.6. The Balaban J connectivity index is 2.41. The van der Waals surface area contributed by atoms with Crippen LogP contribution in [0.2, 0.25) is 0 Å². The van der Waals surface area contributed by atoms with Crippen molar-refractivity contribution in [1.29, 1.82) is 0 Å². The van der Waals surface area contributed by atoms with Crippen LogP contribution in [0, 0.1) is 3.57 Å². The molecule has 18 heavy (non-hydrogen) atoms. The van der Waals surface area contributed by atoms with Crippen molar-refractivity contribution in [1.82, 2.24) is 4.57 Å². The van der Waals surface area contributed by atoms with Gasteiger partial charge in [-0.15, -0.1) is 0 Å². The average Bonchev–Trinajstić information content (AvgIpc) is 2.34. The van der Waals surface area contributed by atoms with Crippen molar-refractivity contribution in [2.45, 2.75) is 6.54 Å². The van der Waals surface area contributed by atoms with Gasteiger partial charge < -0.3 is 9.67 Å². The molecule has 4 nitrogen and oxygen atoms in total. The van der Waals surface area contributed by atoms with Gasteiger partial charge >= 0.3 is 5.97 Å². The molecule has 0 fully saturated rings. The first-order chi connectivity index (χ1) is 8.58. The highest BCUT2D eigenvalue weighted by atomic mass is 127. The highest BCUT2D eigenvalue weighted by molar-refractivity contribution is 14.1. The quantitative estimate of drug-likeness (QED) is 0.859. The number of hydrogen-bond donors (Lipinski definition) is 1. The third kappa shape index (κ3) is 2.79. The maximum Gasteiger partial charge on any atom is 0.341 e. The molecule has 1 heterocycles. The Morgan fingerprint density at radius 3 is 2.50 bits per heavy atom. The van der Waals surface area contributed by atoms with Gasteiger partial charge in [-0.2, -0.15) is 0 Å². The molecule has 0 saturated carbocycles. The minimum absolute atomic E-state index is 0.196. The summed E-state index contributed by atoms with van der Waals surface area (Å²) in [5.41, 5.74) is 0.415. The summed E-state index contributed by atoms with van der Waals surface area (Å²) in [7, 11) is 0. The van der Waals surface area contributed by atoms with Gasteiger partial charge in [-0.3, -0.25) is 4.79 Å². The monoisotopic (exact) mass is 355 g/mol. The van der Waals surface area contributed by atoms with Crippen LogP contribution in [0.25, 0.3) is 0 Å². The number of rotatable bonds is 3. The first kappa shape index (κ1) is 12.8. The number of carbonyl (C=O) groups is 1. The molecule has 0 aliphatic carbocycles. The third-order valence-corrected chi connectivity index (χ3v) is 3.24. The lowest BCUT2D eigenvalue weighted by Crippen LogP contribution is -2.20. The van der Waals surface area contributed by atoms with Crippen molar-refractivity contribution >= 4 is 28.6 Å². The normalized spacial score (nSPS) is 10.3. The fourth-order valence-electron chi connectivity index (χ4n) is 1.63. The van der Waals surface area contributed by atoms with E-state index in [1.54, 1.807) is 10.8 Å². The number of carboxylic acid groups (broad SMARTS) is 1. The summed E-state index contributed by atoms with van der Waals surface area (Å²) in [6.45, 7) is 0.539. The lowest BCUT2D eigenvalue weighted by molar-refractivity contribution is 0.0694. The van der Waals surface area contributed by atoms with Crippen molar-refractivity contribution in [3.8, 4) is 0 Å². The smallest absolute Gasteiger partial charge is 0.341 e. The van der Waals surface area contributed by atoms with E-state index in [4.69, 9.17) is 5.11 Å². The number of aromatic carboxylic acids is 1. The van der Waals surface area contributed by atoms with Crippen LogP contribution in [0.1, 0.15) is 15.9 Å². The third-order valence-electron chi connectivity index (χ3n) is 2.47. The molecule has 0 radical (unpaired) electrons. The van der Waals surface area contributed by atoms with Gasteiger partial charge in [0, 0.05) is 18.9 Å². The van der Waals surface area contributed by atoms with E-state index < -0.39 is 11.4 Å². The molecule has 0 spiro atoms. The van der Waals surface area contributed by atoms with E-state index in [0.717, 1.165) is 5.56 Å². The largest absolute Gasteiger partial charge is 0.477 e. The van der Waals surface area contributed by atoms with Crippen molar-refractivity contribution in [2.75, 3.05) is 0 Å². The molecule has 0 aliphatic heterocycles. The van der Waals surface area contributed by atoms with Crippen LogP contribution in [0.15, 0.2) is 47.5 Å². The summed E-state index contributed by atoms with van der Waals surface area (Å²) >= 11 is 1.85. The molecule has 0 bridgehead atoms. The van der Waals surface area contributed by atoms with Crippen LogP contribution in [0.3, 0.4) is 0 Å². The molecule has 0 atom stereocenters. The first-order valence-electron chi connectivity index (χ1n) is 5.25. The second-order valence-corrected chi connectivity index (χ2v) is 4.97. The Labute approximate surface area is 117 Å². The van der Waals surface area contributed by atoms with E-state index in [1.165, 1.54) is 6.20 Å². The van der Waals surface area contributed by atoms with E-state index in [1.807, 2.05) is 52.9 Å². The standard InChI is InChI=1S/C13H10INO3/c14-11-8-15(6-9-4-2-1-3-5-9)7-10(12(11)16)13(17)18/h1-5,7-8H,6H2,(H,17,18). The number of hydrogen-bond acceptors (Lipinski definition) is 2. The van der Waals surface area contributed by atoms with Gasteiger partial charge in [0.05, 0.1) is 3.57 Å². The zero-order valence-electron chi connectivity index (χ0n) is 9.34. The molecule has 0 aliphatic rings. The molecule has 1 aromatic carbocycles. The van der Waals surface area contributed by atoms with Gasteiger partial charge in [-0.25, -0.2) is 4.79 Å². The van der Waals surface area contributed by atoms with Gasteiger partial charge in [-0.1, -0.05) is 30.3 Å². The topological polar surface area (TPSA) is 59.3 Å². The number of pyridine rings is 1. The Kier molecular flexibility index (Phi) is 3.81. The Morgan fingerprint density at radius 1 is 1.22 bits per heavy atom. The van der Waals surface area contributed by atoms with Crippen molar-refractivity contribution in [3.63, 3.8) is 0 Å². The second-order valence-electron chi connectivity index (χ2n) is 3.81. The van der Waals surface area contributed by atoms with E-state index in [9.17, 15) is 9.59 Å². The number of carboxylic acids is 1. The molecular weight excluding hydrogens is 345 g/mol. The van der Waals surface area contributed by atoms with Gasteiger partial charge in [0.1, 0.15) is 5.56 Å². The summed E-state index contributed by atoms with van der Waals surface area (Å²) in [6.07, 6.45) is 3.03. The summed E-state index contributed by atoms with van der Waals surface area (Å²) in [6, 6.07) is 9.65. The molecule has 2 rings (SSSR count). The predicted octanol–water partition coefficient (Wildman–Crippen LogP) is 2.20. The Morgan fingerprint density at radius 2 is 1.89 bits per heavy atom. The van der Waals surface area contributed by atoms with Crippen molar-refractivity contribution < 1.29 is 9.90 Å². The minimum Gasteiger partial charge on any atom is -0.477 e. The molecule has 0 unspecified atom stereocenters. The molecule has 0 amide bonds. The Hall–Kier alpha value is -1.63. The average molecular weight is 355 g/mol. The highest BCUT2D eigenvalue weighted by Crippen LogP contribution is 2.06. The zero-order chi connectivity index (χ0) is 13.1. The number of halogens is 1. The zero-order valence-corrected chi connectivity index (χ0v) is 11.5. The maximum absolute atomic E-state index is 11.6. The van der Waals surface area contributed by atoms with Crippen LogP contribution in [-0.4, -0.2) is 15.6 Å². The molecule has 2 aromatic rings. The Bertz CT molecular complexity index is 634. The van der Waals surface area contributed by atoms with Gasteiger partial charge in [0.15, 0.2) is 0 Å². The second kappa shape index (κ2) is 5.34. The van der Waals surface area contributed by atoms with Crippen LogP contribution in [0.5, 0.6) is 0 Å². The molecule has 1 aromatic heterocycles. The van der Waals surface area contributed by atoms with E-state index in [2.05, 4.69) is 0 Å². The highest BCUT2D eigenvalue weighted by Gasteiger charge is 2.12. The van der Waals surface area contributed by atoms with Gasteiger partial charge in [0.25, 0.3) is 0 Å². The van der Waals surface area contributed by atoms with E-state index in [-0.39, 0.29) is 5.56 Å². The summed E-state index contributed by atoms with van der Waals surface area (Å²) in [5.74, 6) is -1.19. The molecule has 92 valence electrons. The predicted molar refractivity (Wildman–Crippen MR) is 75.9 cm³/mol. The van der Waals surface area contributed by atoms with Crippen LogP contribution < -0.4 is 5.43 Å². The lowest BCUT2D eigenvalue weighted by atomic mass is 10.2. The van der Waals surface area contributed by atoms with Crippen LogP contribution in [-0.2, 0) is 6.54 Å². The van der Waals surface area contributed by atoms with E-state index in [0.29, 0.717) is 10.1 Å². The molecule has 5 heteroatoms. The van der Waals surface area contributed by atoms with Crippen LogP contribution in [0.4, 0.5) is 0 Å². The summed E-state index contributed by atoms with van der Waals surface area (Å²) in [4.78, 5) is 22.6. The SMILES string of the molecule is O=C(O)c1cn(Cc2ccccc2)cc(I)c1=O. The van der Waals surface area contributed by atoms with Crippen LogP contribution >= 0.6 is 22.6 Å². The minimum atomic E-state index is -1.19. The van der Waals surface area contributed by atoms with Crippen molar-refractivity contribution in [3.05, 3.63) is 67.6 Å². The summed E-state index contributed by atoms with van der Waals surface area (Å²) in [5, 5.41) is 8.96.